The van der Waals surface area contributed by atoms with Gasteiger partial charge in [-0.2, -0.15) is 0 Å². The Morgan fingerprint density at radius 2 is 1.33 bits per heavy atom. The molecule has 0 radical (unpaired) electrons. The summed E-state index contributed by atoms with van der Waals surface area (Å²) < 4.78 is 0. The molecule has 24 heavy (non-hydrogen) atoms. The molecule has 0 unspecified atom stereocenters. The fourth-order valence-corrected chi connectivity index (χ4v) is 4.58. The quantitative estimate of drug-likeness (QED) is 0.676. The first-order valence-corrected chi connectivity index (χ1v) is 8.78. The summed E-state index contributed by atoms with van der Waals surface area (Å²) in [5, 5.41) is 18.3. The van der Waals surface area contributed by atoms with E-state index in [9.17, 15) is 14.7 Å². The van der Waals surface area contributed by atoms with Crippen LogP contribution >= 0.6 is 22.7 Å². The fraction of sp³-hybridized carbons (Fsp3) is 0.111. The van der Waals surface area contributed by atoms with Crippen molar-refractivity contribution in [2.24, 2.45) is 0 Å². The summed E-state index contributed by atoms with van der Waals surface area (Å²) in [5.74, 6) is -1.83. The van der Waals surface area contributed by atoms with E-state index in [2.05, 4.69) is 0 Å². The first-order valence-electron chi connectivity index (χ1n) is 7.15. The van der Waals surface area contributed by atoms with Gasteiger partial charge < -0.3 is 10.2 Å². The van der Waals surface area contributed by atoms with Crippen molar-refractivity contribution in [1.82, 2.24) is 0 Å². The molecule has 0 bridgehead atoms. The van der Waals surface area contributed by atoms with Crippen molar-refractivity contribution in [2.45, 2.75) is 13.8 Å². The molecule has 0 aliphatic carbocycles. The highest BCUT2D eigenvalue weighted by molar-refractivity contribution is 7.24. The normalized spacial score (nSPS) is 10.8. The van der Waals surface area contributed by atoms with Crippen molar-refractivity contribution in [2.75, 3.05) is 0 Å². The van der Waals surface area contributed by atoms with Crippen LogP contribution in [0.25, 0.3) is 20.2 Å². The van der Waals surface area contributed by atoms with Crippen LogP contribution in [0, 0.1) is 13.8 Å². The highest BCUT2D eigenvalue weighted by Crippen LogP contribution is 2.38. The number of hydrogen-bond acceptors (Lipinski definition) is 4. The Hall–Kier alpha value is -2.44. The van der Waals surface area contributed by atoms with E-state index in [4.69, 9.17) is 5.11 Å². The van der Waals surface area contributed by atoms with Gasteiger partial charge >= 0.3 is 11.9 Å². The number of carboxylic acids is 2. The molecule has 1 aromatic carbocycles. The predicted octanol–water partition coefficient (Wildman–Crippen LogP) is 5.16. The van der Waals surface area contributed by atoms with Crippen molar-refractivity contribution >= 4 is 34.6 Å². The standard InChI is InChI=1S/C18H14O4S2/c1-9-7-11(8-10(2)16(9)18(21)22)12-3-4-13(23-12)14-5-6-15(24-14)17(19)20/h3-8H,1-2H3,(H,19,20)(H,21,22). The Labute approximate surface area is 146 Å². The Balaban J connectivity index is 1.98. The molecular formula is C18H14O4S2. The van der Waals surface area contributed by atoms with E-state index in [1.54, 1.807) is 31.3 Å². The van der Waals surface area contributed by atoms with Gasteiger partial charge in [-0.15, -0.1) is 22.7 Å². The van der Waals surface area contributed by atoms with E-state index < -0.39 is 11.9 Å². The van der Waals surface area contributed by atoms with Gasteiger partial charge in [0.15, 0.2) is 0 Å². The zero-order valence-corrected chi connectivity index (χ0v) is 14.6. The molecule has 2 N–H and O–H groups in total. The maximum absolute atomic E-state index is 11.3. The predicted molar refractivity (Wildman–Crippen MR) is 96.5 cm³/mol. The van der Waals surface area contributed by atoms with Crippen LogP contribution in [-0.2, 0) is 0 Å². The number of rotatable bonds is 4. The largest absolute Gasteiger partial charge is 0.478 e. The summed E-state index contributed by atoms with van der Waals surface area (Å²) in [5.41, 5.74) is 2.79. The molecule has 0 saturated carbocycles. The molecule has 2 aromatic heterocycles. The second-order valence-electron chi connectivity index (χ2n) is 5.42. The first kappa shape index (κ1) is 16.4. The molecule has 2 heterocycles. The van der Waals surface area contributed by atoms with E-state index in [-0.39, 0.29) is 0 Å². The van der Waals surface area contributed by atoms with E-state index in [0.717, 1.165) is 31.3 Å². The SMILES string of the molecule is Cc1cc(-c2ccc(-c3ccc(C(=O)O)s3)s2)cc(C)c1C(=O)O. The second kappa shape index (κ2) is 6.22. The Morgan fingerprint density at radius 1 is 0.792 bits per heavy atom. The Bertz CT molecular complexity index is 927. The van der Waals surface area contributed by atoms with Crippen LogP contribution < -0.4 is 0 Å². The second-order valence-corrected chi connectivity index (χ2v) is 7.59. The zero-order valence-electron chi connectivity index (χ0n) is 13.0. The van der Waals surface area contributed by atoms with Crippen molar-refractivity contribution in [3.05, 3.63) is 58.0 Å². The van der Waals surface area contributed by atoms with Crippen molar-refractivity contribution < 1.29 is 19.8 Å². The van der Waals surface area contributed by atoms with Gasteiger partial charge in [0.1, 0.15) is 4.88 Å². The van der Waals surface area contributed by atoms with Gasteiger partial charge in [0.2, 0.25) is 0 Å². The maximum Gasteiger partial charge on any atom is 0.345 e. The first-order chi connectivity index (χ1) is 11.4. The van der Waals surface area contributed by atoms with Crippen LogP contribution in [0.1, 0.15) is 31.2 Å². The third-order valence-corrected chi connectivity index (χ3v) is 6.10. The van der Waals surface area contributed by atoms with Gasteiger partial charge in [-0.3, -0.25) is 0 Å². The Kier molecular flexibility index (Phi) is 4.26. The number of thiophene rings is 2. The molecule has 0 atom stereocenters. The van der Waals surface area contributed by atoms with E-state index in [1.807, 2.05) is 30.3 Å². The summed E-state index contributed by atoms with van der Waals surface area (Å²) in [6, 6.07) is 11.1. The molecular weight excluding hydrogens is 344 g/mol. The fourth-order valence-electron chi connectivity index (χ4n) is 2.65. The van der Waals surface area contributed by atoms with E-state index >= 15 is 0 Å². The molecule has 6 heteroatoms. The lowest BCUT2D eigenvalue weighted by atomic mass is 9.99. The molecule has 122 valence electrons. The molecule has 0 spiro atoms. The molecule has 0 saturated heterocycles. The highest BCUT2D eigenvalue weighted by atomic mass is 32.1. The Morgan fingerprint density at radius 3 is 1.88 bits per heavy atom. The monoisotopic (exact) mass is 358 g/mol. The molecule has 0 aliphatic rings. The number of aromatic carboxylic acids is 2. The van der Waals surface area contributed by atoms with Crippen LogP contribution in [0.5, 0.6) is 0 Å². The average Bonchev–Trinajstić information content (AvgIpc) is 3.15. The summed E-state index contributed by atoms with van der Waals surface area (Å²) >= 11 is 2.81. The average molecular weight is 358 g/mol. The topological polar surface area (TPSA) is 74.6 Å². The number of benzene rings is 1. The van der Waals surface area contributed by atoms with Crippen molar-refractivity contribution in [3.8, 4) is 20.2 Å². The van der Waals surface area contributed by atoms with Gasteiger partial charge in [0.25, 0.3) is 0 Å². The molecule has 3 rings (SSSR count). The van der Waals surface area contributed by atoms with Crippen LogP contribution in [0.15, 0.2) is 36.4 Å². The molecule has 4 nitrogen and oxygen atoms in total. The van der Waals surface area contributed by atoms with Gasteiger partial charge in [-0.05, 0) is 66.9 Å². The summed E-state index contributed by atoms with van der Waals surface area (Å²) in [6.45, 7) is 3.60. The molecule has 3 aromatic rings. The van der Waals surface area contributed by atoms with Crippen molar-refractivity contribution in [3.63, 3.8) is 0 Å². The van der Waals surface area contributed by atoms with Crippen LogP contribution in [0.3, 0.4) is 0 Å². The zero-order chi connectivity index (χ0) is 17.4. The summed E-state index contributed by atoms with van der Waals surface area (Å²) in [7, 11) is 0. The van der Waals surface area contributed by atoms with Gasteiger partial charge in [-0.1, -0.05) is 0 Å². The maximum atomic E-state index is 11.3. The van der Waals surface area contributed by atoms with Gasteiger partial charge in [0, 0.05) is 14.6 Å². The summed E-state index contributed by atoms with van der Waals surface area (Å²) in [4.78, 5) is 25.6. The number of hydrogen-bond donors (Lipinski definition) is 2. The van der Waals surface area contributed by atoms with Crippen LogP contribution in [0.4, 0.5) is 0 Å². The lowest BCUT2D eigenvalue weighted by molar-refractivity contribution is 0.0687. The number of carboxylic acid groups (broad SMARTS) is 2. The minimum atomic E-state index is -0.918. The number of carbonyl (C=O) groups is 2. The number of aryl methyl sites for hydroxylation is 2. The van der Waals surface area contributed by atoms with Gasteiger partial charge in [-0.25, -0.2) is 9.59 Å². The third-order valence-electron chi connectivity index (χ3n) is 3.70. The highest BCUT2D eigenvalue weighted by Gasteiger charge is 2.15. The minimum absolute atomic E-state index is 0.317. The minimum Gasteiger partial charge on any atom is -0.478 e. The molecule has 0 fully saturated rings. The lowest BCUT2D eigenvalue weighted by Crippen LogP contribution is -2.03. The molecule has 0 aliphatic heterocycles. The summed E-state index contributed by atoms with van der Waals surface area (Å²) in [6.07, 6.45) is 0. The van der Waals surface area contributed by atoms with Gasteiger partial charge in [0.05, 0.1) is 5.56 Å². The van der Waals surface area contributed by atoms with Crippen LogP contribution in [-0.4, -0.2) is 22.2 Å². The smallest absolute Gasteiger partial charge is 0.345 e. The van der Waals surface area contributed by atoms with Crippen molar-refractivity contribution in [1.29, 1.82) is 0 Å². The van der Waals surface area contributed by atoms with E-state index in [1.165, 1.54) is 11.3 Å². The third kappa shape index (κ3) is 2.98. The van der Waals surface area contributed by atoms with Crippen LogP contribution in [0.2, 0.25) is 0 Å². The lowest BCUT2D eigenvalue weighted by Gasteiger charge is -2.08. The van der Waals surface area contributed by atoms with E-state index in [0.29, 0.717) is 10.4 Å². The molecule has 0 amide bonds.